The van der Waals surface area contributed by atoms with E-state index >= 15 is 0 Å². The molecule has 0 radical (unpaired) electrons. The number of rotatable bonds is 4. The van der Waals surface area contributed by atoms with Gasteiger partial charge in [0.05, 0.1) is 7.11 Å². The Morgan fingerprint density at radius 3 is 2.74 bits per heavy atom. The number of ether oxygens (including phenoxy) is 1. The van der Waals surface area contributed by atoms with Gasteiger partial charge < -0.3 is 14.3 Å². The van der Waals surface area contributed by atoms with Crippen LogP contribution in [0.3, 0.4) is 0 Å². The van der Waals surface area contributed by atoms with E-state index in [0.29, 0.717) is 17.2 Å². The number of methoxy groups -OCH3 is 1. The molecular formula is C14H15NO4. The minimum Gasteiger partial charge on any atom is -0.496 e. The molecule has 5 heteroatoms. The molecule has 0 unspecified atom stereocenters. The minimum atomic E-state index is -1.15. The van der Waals surface area contributed by atoms with Gasteiger partial charge in [0.25, 0.3) is 0 Å². The van der Waals surface area contributed by atoms with Crippen LogP contribution in [-0.4, -0.2) is 23.2 Å². The van der Waals surface area contributed by atoms with Crippen molar-refractivity contribution in [1.29, 1.82) is 0 Å². The summed E-state index contributed by atoms with van der Waals surface area (Å²) in [5.74, 6) is -0.389. The smallest absolute Gasteiger partial charge is 0.374 e. The Morgan fingerprint density at radius 1 is 1.42 bits per heavy atom. The van der Waals surface area contributed by atoms with Gasteiger partial charge in [-0.05, 0) is 23.6 Å². The predicted octanol–water partition coefficient (Wildman–Crippen LogP) is 3.17. The first-order valence-electron chi connectivity index (χ1n) is 5.89. The van der Waals surface area contributed by atoms with Crippen molar-refractivity contribution in [3.63, 3.8) is 0 Å². The predicted molar refractivity (Wildman–Crippen MR) is 69.5 cm³/mol. The lowest BCUT2D eigenvalue weighted by Gasteiger charge is -2.11. The molecule has 2 rings (SSSR count). The molecule has 0 spiro atoms. The second kappa shape index (κ2) is 5.14. The highest BCUT2D eigenvalue weighted by atomic mass is 16.5. The lowest BCUT2D eigenvalue weighted by atomic mass is 9.99. The molecule has 0 aliphatic heterocycles. The number of aromatic nitrogens is 1. The number of hydrogen-bond acceptors (Lipinski definition) is 4. The fourth-order valence-electron chi connectivity index (χ4n) is 1.85. The summed E-state index contributed by atoms with van der Waals surface area (Å²) in [6, 6.07) is 5.63. The van der Waals surface area contributed by atoms with E-state index in [9.17, 15) is 4.79 Å². The molecule has 0 aliphatic carbocycles. The van der Waals surface area contributed by atoms with Gasteiger partial charge in [-0.3, -0.25) is 0 Å². The van der Waals surface area contributed by atoms with Crippen LogP contribution < -0.4 is 4.74 Å². The summed E-state index contributed by atoms with van der Waals surface area (Å²) in [4.78, 5) is 15.0. The highest BCUT2D eigenvalue weighted by Gasteiger charge is 2.20. The third-order valence-electron chi connectivity index (χ3n) is 2.91. The van der Waals surface area contributed by atoms with Crippen LogP contribution in [0.15, 0.2) is 29.0 Å². The SMILES string of the molecule is COc1cc(C(C)C)ccc1-c1ncoc1C(=O)O. The van der Waals surface area contributed by atoms with Crippen LogP contribution in [0.4, 0.5) is 0 Å². The molecule has 1 N–H and O–H groups in total. The number of aromatic carboxylic acids is 1. The van der Waals surface area contributed by atoms with Crippen molar-refractivity contribution >= 4 is 5.97 Å². The Bertz CT molecular complexity index is 601. The summed E-state index contributed by atoms with van der Waals surface area (Å²) in [5, 5.41) is 9.05. The third-order valence-corrected chi connectivity index (χ3v) is 2.91. The van der Waals surface area contributed by atoms with Crippen molar-refractivity contribution in [2.24, 2.45) is 0 Å². The quantitative estimate of drug-likeness (QED) is 0.915. The minimum absolute atomic E-state index is 0.185. The van der Waals surface area contributed by atoms with Gasteiger partial charge in [-0.15, -0.1) is 0 Å². The van der Waals surface area contributed by atoms with Crippen LogP contribution >= 0.6 is 0 Å². The zero-order valence-electron chi connectivity index (χ0n) is 11.0. The van der Waals surface area contributed by atoms with Crippen molar-refractivity contribution in [2.45, 2.75) is 19.8 Å². The van der Waals surface area contributed by atoms with Gasteiger partial charge in [-0.1, -0.05) is 19.9 Å². The van der Waals surface area contributed by atoms with Crippen molar-refractivity contribution in [3.8, 4) is 17.0 Å². The number of benzene rings is 1. The number of nitrogens with zero attached hydrogens (tertiary/aromatic N) is 1. The first kappa shape index (κ1) is 13.1. The summed E-state index contributed by atoms with van der Waals surface area (Å²) in [7, 11) is 1.55. The molecule has 1 aromatic carbocycles. The summed E-state index contributed by atoms with van der Waals surface area (Å²) < 4.78 is 10.2. The van der Waals surface area contributed by atoms with Gasteiger partial charge >= 0.3 is 5.97 Å². The fourth-order valence-corrected chi connectivity index (χ4v) is 1.85. The number of oxazole rings is 1. The highest BCUT2D eigenvalue weighted by molar-refractivity contribution is 5.92. The summed E-state index contributed by atoms with van der Waals surface area (Å²) in [6.07, 6.45) is 1.12. The zero-order valence-corrected chi connectivity index (χ0v) is 11.0. The van der Waals surface area contributed by atoms with E-state index in [-0.39, 0.29) is 11.5 Å². The van der Waals surface area contributed by atoms with Crippen LogP contribution in [0.2, 0.25) is 0 Å². The standard InChI is InChI=1S/C14H15NO4/c1-8(2)9-4-5-10(11(6-9)18-3)12-13(14(16)17)19-7-15-12/h4-8H,1-3H3,(H,16,17). The fraction of sp³-hybridized carbons (Fsp3) is 0.286. The van der Waals surface area contributed by atoms with Crippen LogP contribution in [0.25, 0.3) is 11.3 Å². The van der Waals surface area contributed by atoms with Gasteiger partial charge in [0.1, 0.15) is 11.4 Å². The third kappa shape index (κ3) is 2.45. The highest BCUT2D eigenvalue weighted by Crippen LogP contribution is 2.33. The molecule has 2 aromatic rings. The van der Waals surface area contributed by atoms with E-state index in [2.05, 4.69) is 18.8 Å². The Balaban J connectivity index is 2.56. The molecule has 1 heterocycles. The van der Waals surface area contributed by atoms with Crippen LogP contribution in [-0.2, 0) is 0 Å². The van der Waals surface area contributed by atoms with E-state index in [4.69, 9.17) is 14.3 Å². The van der Waals surface area contributed by atoms with Gasteiger partial charge in [0.15, 0.2) is 6.39 Å². The number of carbonyl (C=O) groups is 1. The molecule has 100 valence electrons. The molecule has 0 bridgehead atoms. The first-order valence-corrected chi connectivity index (χ1v) is 5.89. The summed E-state index contributed by atoms with van der Waals surface area (Å²) in [5.41, 5.74) is 2.00. The lowest BCUT2D eigenvalue weighted by molar-refractivity contribution is 0.0663. The summed E-state index contributed by atoms with van der Waals surface area (Å²) >= 11 is 0. The summed E-state index contributed by atoms with van der Waals surface area (Å²) in [6.45, 7) is 4.15. The Morgan fingerprint density at radius 2 is 2.16 bits per heavy atom. The van der Waals surface area contributed by atoms with Crippen molar-refractivity contribution in [1.82, 2.24) is 4.98 Å². The second-order valence-electron chi connectivity index (χ2n) is 4.45. The van der Waals surface area contributed by atoms with E-state index in [1.54, 1.807) is 13.2 Å². The lowest BCUT2D eigenvalue weighted by Crippen LogP contribution is -1.99. The average molecular weight is 261 g/mol. The maximum atomic E-state index is 11.1. The second-order valence-corrected chi connectivity index (χ2v) is 4.45. The largest absolute Gasteiger partial charge is 0.496 e. The monoisotopic (exact) mass is 261 g/mol. The van der Waals surface area contributed by atoms with E-state index in [0.717, 1.165) is 12.0 Å². The molecule has 0 atom stereocenters. The Kier molecular flexibility index (Phi) is 3.55. The van der Waals surface area contributed by atoms with Gasteiger partial charge in [0, 0.05) is 5.56 Å². The first-order chi connectivity index (χ1) is 9.04. The van der Waals surface area contributed by atoms with Gasteiger partial charge in [-0.2, -0.15) is 0 Å². The molecule has 19 heavy (non-hydrogen) atoms. The Hall–Kier alpha value is -2.30. The van der Waals surface area contributed by atoms with Gasteiger partial charge in [0.2, 0.25) is 5.76 Å². The van der Waals surface area contributed by atoms with Crippen LogP contribution in [0, 0.1) is 0 Å². The van der Waals surface area contributed by atoms with E-state index in [1.165, 1.54) is 0 Å². The van der Waals surface area contributed by atoms with E-state index in [1.807, 2.05) is 12.1 Å². The maximum Gasteiger partial charge on any atom is 0.374 e. The molecule has 0 saturated carbocycles. The molecule has 0 fully saturated rings. The van der Waals surface area contributed by atoms with Crippen LogP contribution in [0.5, 0.6) is 5.75 Å². The molecular weight excluding hydrogens is 246 g/mol. The topological polar surface area (TPSA) is 72.6 Å². The van der Waals surface area contributed by atoms with Crippen molar-refractivity contribution in [2.75, 3.05) is 7.11 Å². The Labute approximate surface area is 110 Å². The number of carboxylic acids is 1. The van der Waals surface area contributed by atoms with Crippen LogP contribution in [0.1, 0.15) is 35.9 Å². The normalized spacial score (nSPS) is 10.7. The molecule has 0 aliphatic rings. The molecule has 5 nitrogen and oxygen atoms in total. The average Bonchev–Trinajstić information content (AvgIpc) is 2.87. The zero-order chi connectivity index (χ0) is 14.0. The van der Waals surface area contributed by atoms with Gasteiger partial charge in [-0.25, -0.2) is 9.78 Å². The molecule has 0 amide bonds. The van der Waals surface area contributed by atoms with Crippen molar-refractivity contribution in [3.05, 3.63) is 35.9 Å². The number of hydrogen-bond donors (Lipinski definition) is 1. The maximum absolute atomic E-state index is 11.1. The van der Waals surface area contributed by atoms with Crippen molar-refractivity contribution < 1.29 is 19.1 Å². The molecule has 0 saturated heterocycles. The molecule has 1 aromatic heterocycles. The number of carboxylic acid groups (broad SMARTS) is 1. The van der Waals surface area contributed by atoms with E-state index < -0.39 is 5.97 Å².